The van der Waals surface area contributed by atoms with Crippen LogP contribution in [0.3, 0.4) is 0 Å². The molecule has 0 saturated heterocycles. The third-order valence-electron chi connectivity index (χ3n) is 2.75. The number of nitrogens with one attached hydrogen (secondary N) is 1. The minimum Gasteiger partial charge on any atom is -0.374 e. The molecule has 0 aromatic carbocycles. The van der Waals surface area contributed by atoms with Gasteiger partial charge in [0.15, 0.2) is 0 Å². The normalized spacial score (nSPS) is 14.0. The van der Waals surface area contributed by atoms with E-state index >= 15 is 0 Å². The molecule has 0 spiro atoms. The average molecular weight is 293 g/mol. The zero-order valence-corrected chi connectivity index (χ0v) is 12.4. The molecule has 0 aliphatic rings. The molecule has 104 valence electrons. The number of nitrogens with zero attached hydrogens (tertiary/aromatic N) is 3. The molecule has 1 heterocycles. The van der Waals surface area contributed by atoms with E-state index in [4.69, 9.17) is 5.73 Å². The molecule has 1 rings (SSSR count). The van der Waals surface area contributed by atoms with Crippen LogP contribution in [0.1, 0.15) is 20.3 Å². The standard InChI is InChI=1S/C9H19N5O2S2/c1-4-7(2)14(3)6-5-11-18(15,16)9-13-12-8(10)17-9/h7,11H,4-6H2,1-3H3,(H2,10,12). The van der Waals surface area contributed by atoms with E-state index in [0.717, 1.165) is 17.8 Å². The Morgan fingerprint density at radius 1 is 1.50 bits per heavy atom. The number of hydrogen-bond donors (Lipinski definition) is 2. The van der Waals surface area contributed by atoms with Gasteiger partial charge >= 0.3 is 0 Å². The first kappa shape index (κ1) is 15.3. The Balaban J connectivity index is 2.48. The fraction of sp³-hybridized carbons (Fsp3) is 0.778. The molecule has 18 heavy (non-hydrogen) atoms. The first-order chi connectivity index (χ1) is 8.36. The van der Waals surface area contributed by atoms with Crippen LogP contribution in [-0.4, -0.2) is 49.7 Å². The lowest BCUT2D eigenvalue weighted by atomic mass is 10.2. The van der Waals surface area contributed by atoms with Gasteiger partial charge in [-0.2, -0.15) is 0 Å². The summed E-state index contributed by atoms with van der Waals surface area (Å²) in [7, 11) is -1.62. The molecule has 1 unspecified atom stereocenters. The second-order valence-electron chi connectivity index (χ2n) is 4.04. The lowest BCUT2D eigenvalue weighted by Crippen LogP contribution is -2.37. The molecule has 0 radical (unpaired) electrons. The van der Waals surface area contributed by atoms with Gasteiger partial charge in [-0.25, -0.2) is 13.1 Å². The van der Waals surface area contributed by atoms with Gasteiger partial charge in [-0.15, -0.1) is 10.2 Å². The zero-order valence-electron chi connectivity index (χ0n) is 10.8. The highest BCUT2D eigenvalue weighted by molar-refractivity contribution is 7.91. The third-order valence-corrected chi connectivity index (χ3v) is 5.33. The van der Waals surface area contributed by atoms with E-state index in [9.17, 15) is 8.42 Å². The summed E-state index contributed by atoms with van der Waals surface area (Å²) in [5.41, 5.74) is 5.35. The molecule has 9 heteroatoms. The van der Waals surface area contributed by atoms with Gasteiger partial charge in [-0.05, 0) is 20.4 Å². The summed E-state index contributed by atoms with van der Waals surface area (Å²) in [4.78, 5) is 2.09. The van der Waals surface area contributed by atoms with Gasteiger partial charge in [0, 0.05) is 19.1 Å². The zero-order chi connectivity index (χ0) is 13.8. The van der Waals surface area contributed by atoms with Crippen molar-refractivity contribution in [2.24, 2.45) is 0 Å². The van der Waals surface area contributed by atoms with Crippen molar-refractivity contribution in [2.75, 3.05) is 25.9 Å². The largest absolute Gasteiger partial charge is 0.374 e. The second-order valence-corrected chi connectivity index (χ2v) is 6.99. The van der Waals surface area contributed by atoms with Crippen molar-refractivity contribution in [2.45, 2.75) is 30.6 Å². The van der Waals surface area contributed by atoms with Crippen LogP contribution in [-0.2, 0) is 10.0 Å². The van der Waals surface area contributed by atoms with Gasteiger partial charge in [0.2, 0.25) is 9.47 Å². The Morgan fingerprint density at radius 3 is 2.67 bits per heavy atom. The number of sulfonamides is 1. The van der Waals surface area contributed by atoms with E-state index in [1.807, 2.05) is 7.05 Å². The van der Waals surface area contributed by atoms with Crippen molar-refractivity contribution in [3.8, 4) is 0 Å². The molecule has 0 aliphatic heterocycles. The van der Waals surface area contributed by atoms with Gasteiger partial charge in [0.05, 0.1) is 0 Å². The lowest BCUT2D eigenvalue weighted by molar-refractivity contribution is 0.256. The maximum absolute atomic E-state index is 11.8. The van der Waals surface area contributed by atoms with E-state index in [2.05, 4.69) is 33.7 Å². The quantitative estimate of drug-likeness (QED) is 0.741. The molecule has 7 nitrogen and oxygen atoms in total. The van der Waals surface area contributed by atoms with Crippen molar-refractivity contribution < 1.29 is 8.42 Å². The summed E-state index contributed by atoms with van der Waals surface area (Å²) in [6.07, 6.45) is 1.02. The summed E-state index contributed by atoms with van der Waals surface area (Å²) in [5, 5.41) is 7.15. The monoisotopic (exact) mass is 293 g/mol. The maximum atomic E-state index is 11.8. The number of nitrogens with two attached hydrogens (primary N) is 1. The topological polar surface area (TPSA) is 101 Å². The first-order valence-electron chi connectivity index (χ1n) is 5.65. The molecule has 1 atom stereocenters. The second kappa shape index (κ2) is 6.41. The van der Waals surface area contributed by atoms with Crippen LogP contribution in [0.25, 0.3) is 0 Å². The molecule has 0 saturated carbocycles. The van der Waals surface area contributed by atoms with E-state index in [-0.39, 0.29) is 9.47 Å². The molecule has 0 bridgehead atoms. The summed E-state index contributed by atoms with van der Waals surface area (Å²) < 4.78 is 26.0. The first-order valence-corrected chi connectivity index (χ1v) is 7.95. The van der Waals surface area contributed by atoms with Crippen LogP contribution in [0.5, 0.6) is 0 Å². The van der Waals surface area contributed by atoms with Gasteiger partial charge in [0.25, 0.3) is 10.0 Å². The molecular weight excluding hydrogens is 274 g/mol. The van der Waals surface area contributed by atoms with Gasteiger partial charge < -0.3 is 10.6 Å². The highest BCUT2D eigenvalue weighted by Gasteiger charge is 2.19. The molecule has 1 aromatic heterocycles. The lowest BCUT2D eigenvalue weighted by Gasteiger charge is -2.23. The Hall–Kier alpha value is -0.770. The van der Waals surface area contributed by atoms with E-state index in [1.54, 1.807) is 0 Å². The van der Waals surface area contributed by atoms with E-state index < -0.39 is 10.0 Å². The number of likely N-dealkylation sites (N-methyl/N-ethyl adjacent to an activating group) is 1. The summed E-state index contributed by atoms with van der Waals surface area (Å²) in [6, 6.07) is 0.423. The predicted molar refractivity (Wildman–Crippen MR) is 71.9 cm³/mol. The summed E-state index contributed by atoms with van der Waals surface area (Å²) in [5.74, 6) is 0. The molecule has 1 aromatic rings. The molecule has 0 aliphatic carbocycles. The van der Waals surface area contributed by atoms with Crippen LogP contribution in [0, 0.1) is 0 Å². The SMILES string of the molecule is CCC(C)N(C)CCNS(=O)(=O)c1nnc(N)s1. The molecule has 0 amide bonds. The van der Waals surface area contributed by atoms with Crippen molar-refractivity contribution in [3.05, 3.63) is 0 Å². The van der Waals surface area contributed by atoms with Gasteiger partial charge in [0.1, 0.15) is 0 Å². The smallest absolute Gasteiger partial charge is 0.269 e. The van der Waals surface area contributed by atoms with E-state index in [0.29, 0.717) is 19.1 Å². The average Bonchev–Trinajstić information content (AvgIpc) is 2.75. The van der Waals surface area contributed by atoms with Crippen molar-refractivity contribution in [1.29, 1.82) is 0 Å². The van der Waals surface area contributed by atoms with Crippen LogP contribution in [0.15, 0.2) is 4.34 Å². The number of rotatable bonds is 7. The number of anilines is 1. The number of aromatic nitrogens is 2. The highest BCUT2D eigenvalue weighted by Crippen LogP contribution is 2.16. The van der Waals surface area contributed by atoms with Gasteiger partial charge in [-0.1, -0.05) is 18.3 Å². The Morgan fingerprint density at radius 2 is 2.17 bits per heavy atom. The Kier molecular flexibility index (Phi) is 5.45. The number of hydrogen-bond acceptors (Lipinski definition) is 7. The van der Waals surface area contributed by atoms with Crippen molar-refractivity contribution in [1.82, 2.24) is 19.8 Å². The minimum atomic E-state index is -3.58. The van der Waals surface area contributed by atoms with Crippen LogP contribution < -0.4 is 10.5 Å². The van der Waals surface area contributed by atoms with Gasteiger partial charge in [-0.3, -0.25) is 0 Å². The van der Waals surface area contributed by atoms with Crippen LogP contribution in [0.4, 0.5) is 5.13 Å². The third kappa shape index (κ3) is 4.16. The molecular formula is C9H19N5O2S2. The predicted octanol–water partition coefficient (Wildman–Crippen LogP) is 0.129. The maximum Gasteiger partial charge on any atom is 0.269 e. The fourth-order valence-corrected chi connectivity index (χ4v) is 3.12. The van der Waals surface area contributed by atoms with Crippen molar-refractivity contribution in [3.63, 3.8) is 0 Å². The van der Waals surface area contributed by atoms with Crippen LogP contribution in [0.2, 0.25) is 0 Å². The Bertz CT molecular complexity index is 473. The van der Waals surface area contributed by atoms with E-state index in [1.165, 1.54) is 0 Å². The fourth-order valence-electron chi connectivity index (χ4n) is 1.28. The highest BCUT2D eigenvalue weighted by atomic mass is 32.2. The summed E-state index contributed by atoms with van der Waals surface area (Å²) >= 11 is 0.856. The van der Waals surface area contributed by atoms with Crippen molar-refractivity contribution >= 4 is 26.5 Å². The Labute approximate surface area is 111 Å². The number of nitrogen functional groups attached to an aromatic ring is 1. The molecule has 0 fully saturated rings. The summed E-state index contributed by atoms with van der Waals surface area (Å²) in [6.45, 7) is 5.17. The van der Waals surface area contributed by atoms with Crippen LogP contribution >= 0.6 is 11.3 Å². The molecule has 3 N–H and O–H groups in total. The minimum absolute atomic E-state index is 0.0915.